The van der Waals surface area contributed by atoms with Crippen molar-refractivity contribution in [3.63, 3.8) is 0 Å². The quantitative estimate of drug-likeness (QED) is 0.806. The third kappa shape index (κ3) is 1.99. The maximum Gasteiger partial charge on any atom is 0.265 e. The second kappa shape index (κ2) is 4.59. The zero-order valence-electron chi connectivity index (χ0n) is 10.4. The van der Waals surface area contributed by atoms with E-state index in [4.69, 9.17) is 5.73 Å². The summed E-state index contributed by atoms with van der Waals surface area (Å²) >= 11 is 0. The normalized spacial score (nSPS) is 11.0. The molecule has 0 aliphatic heterocycles. The van der Waals surface area contributed by atoms with E-state index in [0.717, 1.165) is 12.8 Å². The van der Waals surface area contributed by atoms with Gasteiger partial charge in [0.25, 0.3) is 5.56 Å². The average Bonchev–Trinajstić information content (AvgIpc) is 2.31. The van der Waals surface area contributed by atoms with Crippen LogP contribution in [0.5, 0.6) is 0 Å². The van der Waals surface area contributed by atoms with E-state index in [1.54, 1.807) is 11.6 Å². The molecule has 0 bridgehead atoms. The van der Waals surface area contributed by atoms with Crippen LogP contribution in [-0.2, 0) is 6.54 Å². The number of fused-ring (bicyclic) bond motifs is 1. The highest BCUT2D eigenvalue weighted by atomic mass is 16.1. The van der Waals surface area contributed by atoms with Gasteiger partial charge in [-0.3, -0.25) is 14.6 Å². The number of anilines is 1. The fourth-order valence-corrected chi connectivity index (χ4v) is 1.79. The maximum atomic E-state index is 11.9. The number of rotatable bonds is 3. The number of hydrogen-bond donors (Lipinski definition) is 2. The topological polar surface area (TPSA) is 107 Å². The van der Waals surface area contributed by atoms with Crippen molar-refractivity contribution >= 4 is 17.0 Å². The molecule has 96 valence electrons. The largest absolute Gasteiger partial charge is 0.369 e. The molecule has 2 aromatic rings. The van der Waals surface area contributed by atoms with Gasteiger partial charge in [0, 0.05) is 6.54 Å². The van der Waals surface area contributed by atoms with Crippen LogP contribution in [0.15, 0.2) is 9.59 Å². The van der Waals surface area contributed by atoms with Gasteiger partial charge in [0.2, 0.25) is 11.4 Å². The minimum atomic E-state index is -0.516. The predicted molar refractivity (Wildman–Crippen MR) is 68.5 cm³/mol. The third-order valence-electron chi connectivity index (χ3n) is 2.71. The molecule has 0 aliphatic carbocycles. The molecular weight excluding hydrogens is 234 g/mol. The number of nitrogens with two attached hydrogens (primary N) is 1. The molecule has 0 unspecified atom stereocenters. The molecule has 0 aromatic carbocycles. The van der Waals surface area contributed by atoms with E-state index < -0.39 is 11.0 Å². The number of nitrogen functional groups attached to an aromatic ring is 1. The number of unbranched alkanes of at least 4 members (excludes halogenated alkanes) is 1. The minimum absolute atomic E-state index is 0.0113. The van der Waals surface area contributed by atoms with Crippen LogP contribution >= 0.6 is 0 Å². The van der Waals surface area contributed by atoms with Crippen LogP contribution in [0.25, 0.3) is 11.0 Å². The van der Waals surface area contributed by atoms with Crippen LogP contribution in [0.1, 0.15) is 25.5 Å². The Kier molecular flexibility index (Phi) is 3.14. The van der Waals surface area contributed by atoms with Gasteiger partial charge in [-0.2, -0.15) is 10.1 Å². The van der Waals surface area contributed by atoms with Crippen molar-refractivity contribution in [2.75, 3.05) is 5.73 Å². The second-order valence-corrected chi connectivity index (χ2v) is 4.14. The first-order valence-corrected chi connectivity index (χ1v) is 5.81. The van der Waals surface area contributed by atoms with Crippen molar-refractivity contribution in [1.82, 2.24) is 19.7 Å². The summed E-state index contributed by atoms with van der Waals surface area (Å²) in [6.45, 7) is 4.23. The monoisotopic (exact) mass is 249 g/mol. The minimum Gasteiger partial charge on any atom is -0.369 e. The first-order valence-electron chi connectivity index (χ1n) is 5.81. The number of hydrogen-bond acceptors (Lipinski definition) is 5. The molecule has 0 atom stereocenters. The number of H-pyrrole nitrogens is 1. The summed E-state index contributed by atoms with van der Waals surface area (Å²) in [7, 11) is 0. The summed E-state index contributed by atoms with van der Waals surface area (Å²) in [5, 5.41) is 4.18. The average molecular weight is 249 g/mol. The molecule has 0 saturated carbocycles. The summed E-state index contributed by atoms with van der Waals surface area (Å²) < 4.78 is 1.57. The molecule has 0 aliphatic rings. The molecule has 2 aromatic heterocycles. The lowest BCUT2D eigenvalue weighted by molar-refractivity contribution is 0.568. The lowest BCUT2D eigenvalue weighted by Crippen LogP contribution is -2.26. The van der Waals surface area contributed by atoms with Gasteiger partial charge in [-0.25, -0.2) is 4.68 Å². The van der Waals surface area contributed by atoms with E-state index >= 15 is 0 Å². The standard InChI is InChI=1S/C11H15N5O2/c1-3-4-5-16-9-7(8(17)6(2)15-16)10(18)14-11(12)13-9/h3-5H2,1-2H3,(H3,12,13,14,18). The lowest BCUT2D eigenvalue weighted by atomic mass is 10.3. The van der Waals surface area contributed by atoms with Gasteiger partial charge in [-0.15, -0.1) is 0 Å². The second-order valence-electron chi connectivity index (χ2n) is 4.14. The van der Waals surface area contributed by atoms with E-state index in [0.29, 0.717) is 6.54 Å². The van der Waals surface area contributed by atoms with Crippen LogP contribution in [0.3, 0.4) is 0 Å². The van der Waals surface area contributed by atoms with Gasteiger partial charge < -0.3 is 5.73 Å². The molecule has 0 spiro atoms. The van der Waals surface area contributed by atoms with Crippen LogP contribution < -0.4 is 16.7 Å². The summed E-state index contributed by atoms with van der Waals surface area (Å²) in [5.41, 5.74) is 5.13. The molecule has 0 amide bonds. The summed E-state index contributed by atoms with van der Waals surface area (Å²) in [6, 6.07) is 0. The van der Waals surface area contributed by atoms with Crippen LogP contribution in [0, 0.1) is 6.92 Å². The summed E-state index contributed by atoms with van der Waals surface area (Å²) in [5.74, 6) is -0.0113. The number of nitrogens with zero attached hydrogens (tertiary/aromatic N) is 3. The van der Waals surface area contributed by atoms with E-state index in [1.807, 2.05) is 6.92 Å². The van der Waals surface area contributed by atoms with Gasteiger partial charge in [0.1, 0.15) is 11.1 Å². The highest BCUT2D eigenvalue weighted by Gasteiger charge is 2.13. The van der Waals surface area contributed by atoms with Crippen LogP contribution in [0.4, 0.5) is 5.95 Å². The zero-order chi connectivity index (χ0) is 13.3. The molecule has 2 heterocycles. The molecule has 18 heavy (non-hydrogen) atoms. The Hall–Kier alpha value is -2.18. The Bertz CT molecular complexity index is 701. The van der Waals surface area contributed by atoms with Crippen molar-refractivity contribution in [2.45, 2.75) is 33.2 Å². The number of aryl methyl sites for hydroxylation is 2. The van der Waals surface area contributed by atoms with Gasteiger partial charge in [-0.05, 0) is 13.3 Å². The van der Waals surface area contributed by atoms with Crippen molar-refractivity contribution in [1.29, 1.82) is 0 Å². The third-order valence-corrected chi connectivity index (χ3v) is 2.71. The molecule has 0 radical (unpaired) electrons. The van der Waals surface area contributed by atoms with Crippen molar-refractivity contribution in [3.05, 3.63) is 26.3 Å². The maximum absolute atomic E-state index is 11.9. The number of aromatic amines is 1. The smallest absolute Gasteiger partial charge is 0.265 e. The van der Waals surface area contributed by atoms with Gasteiger partial charge in [0.05, 0.1) is 0 Å². The Morgan fingerprint density at radius 1 is 1.39 bits per heavy atom. The van der Waals surface area contributed by atoms with Crippen molar-refractivity contribution in [3.8, 4) is 0 Å². The van der Waals surface area contributed by atoms with E-state index in [-0.39, 0.29) is 22.7 Å². The first kappa shape index (κ1) is 12.3. The summed E-state index contributed by atoms with van der Waals surface area (Å²) in [4.78, 5) is 30.0. The SMILES string of the molecule is CCCCn1nc(C)c(=O)c2c(=O)[nH]c(N)nc21. The highest BCUT2D eigenvalue weighted by Crippen LogP contribution is 2.05. The fraction of sp³-hybridized carbons (Fsp3) is 0.455. The Morgan fingerprint density at radius 2 is 2.11 bits per heavy atom. The first-order chi connectivity index (χ1) is 8.54. The molecule has 0 fully saturated rings. The van der Waals surface area contributed by atoms with Crippen LogP contribution in [0.2, 0.25) is 0 Å². The summed E-state index contributed by atoms with van der Waals surface area (Å²) in [6.07, 6.45) is 1.87. The molecular formula is C11H15N5O2. The predicted octanol–water partition coefficient (Wildman–Crippen LogP) is 0.171. The molecule has 3 N–H and O–H groups in total. The van der Waals surface area contributed by atoms with Gasteiger partial charge >= 0.3 is 0 Å². The van der Waals surface area contributed by atoms with Gasteiger partial charge in [0.15, 0.2) is 5.65 Å². The Morgan fingerprint density at radius 3 is 2.78 bits per heavy atom. The number of nitrogens with one attached hydrogen (secondary N) is 1. The van der Waals surface area contributed by atoms with E-state index in [1.165, 1.54) is 0 Å². The molecule has 7 heteroatoms. The zero-order valence-corrected chi connectivity index (χ0v) is 10.4. The Balaban J connectivity index is 2.83. The molecule has 7 nitrogen and oxygen atoms in total. The fourth-order valence-electron chi connectivity index (χ4n) is 1.79. The highest BCUT2D eigenvalue weighted by molar-refractivity contribution is 5.74. The lowest BCUT2D eigenvalue weighted by Gasteiger charge is -2.09. The van der Waals surface area contributed by atoms with E-state index in [2.05, 4.69) is 15.1 Å². The van der Waals surface area contributed by atoms with Crippen molar-refractivity contribution < 1.29 is 0 Å². The molecule has 2 rings (SSSR count). The Labute approximate surface area is 103 Å². The van der Waals surface area contributed by atoms with E-state index in [9.17, 15) is 9.59 Å². The van der Waals surface area contributed by atoms with Crippen LogP contribution in [-0.4, -0.2) is 19.7 Å². The molecule has 0 saturated heterocycles. The van der Waals surface area contributed by atoms with Crippen molar-refractivity contribution in [2.24, 2.45) is 0 Å². The van der Waals surface area contributed by atoms with Gasteiger partial charge in [-0.1, -0.05) is 13.3 Å². The number of aromatic nitrogens is 4.